The Bertz CT molecular complexity index is 1000. The third-order valence-corrected chi connectivity index (χ3v) is 5.31. The van der Waals surface area contributed by atoms with Gasteiger partial charge in [-0.25, -0.2) is 4.79 Å². The molecule has 1 aliphatic heterocycles. The summed E-state index contributed by atoms with van der Waals surface area (Å²) in [6.45, 7) is 1.76. The summed E-state index contributed by atoms with van der Waals surface area (Å²) in [4.78, 5) is 25.0. The highest BCUT2D eigenvalue weighted by Gasteiger charge is 2.35. The zero-order chi connectivity index (χ0) is 18.7. The lowest BCUT2D eigenvalue weighted by Gasteiger charge is -2.38. The van der Waals surface area contributed by atoms with E-state index in [1.807, 2.05) is 30.3 Å². The van der Waals surface area contributed by atoms with Gasteiger partial charge in [0.05, 0.1) is 0 Å². The van der Waals surface area contributed by atoms with E-state index in [9.17, 15) is 9.59 Å². The summed E-state index contributed by atoms with van der Waals surface area (Å²) in [6.07, 6.45) is 1.65. The van der Waals surface area contributed by atoms with E-state index >= 15 is 0 Å². The smallest absolute Gasteiger partial charge is 0.349 e. The number of rotatable bonds is 4. The normalized spacial score (nSPS) is 16.1. The third kappa shape index (κ3) is 3.51. The average molecular weight is 363 g/mol. The molecule has 0 unspecified atom stereocenters. The Morgan fingerprint density at radius 2 is 1.70 bits per heavy atom. The number of benzene rings is 2. The number of carbonyl (C=O) groups excluding carboxylic acids is 1. The van der Waals surface area contributed by atoms with E-state index in [0.717, 1.165) is 18.2 Å². The molecule has 1 aliphatic rings. The Morgan fingerprint density at radius 3 is 2.48 bits per heavy atom. The molecular weight excluding hydrogens is 342 g/mol. The highest BCUT2D eigenvalue weighted by Crippen LogP contribution is 2.34. The van der Waals surface area contributed by atoms with Crippen molar-refractivity contribution < 1.29 is 13.9 Å². The molecule has 3 aromatic rings. The van der Waals surface area contributed by atoms with E-state index in [2.05, 4.69) is 17.4 Å². The molecule has 5 nitrogen and oxygen atoms in total. The molecule has 0 atom stereocenters. The van der Waals surface area contributed by atoms with Gasteiger partial charge in [-0.2, -0.15) is 0 Å². The van der Waals surface area contributed by atoms with Crippen molar-refractivity contribution in [3.63, 3.8) is 0 Å². The maximum Gasteiger partial charge on any atom is 0.349 e. The van der Waals surface area contributed by atoms with Gasteiger partial charge in [0.2, 0.25) is 0 Å². The first-order chi connectivity index (χ1) is 13.2. The summed E-state index contributed by atoms with van der Waals surface area (Å²) in [7, 11) is 0. The lowest BCUT2D eigenvalue weighted by Crippen LogP contribution is -2.45. The van der Waals surface area contributed by atoms with Gasteiger partial charge in [-0.05, 0) is 30.5 Å². The fraction of sp³-hybridized carbons (Fsp3) is 0.273. The average Bonchev–Trinajstić information content (AvgIpc) is 2.73. The summed E-state index contributed by atoms with van der Waals surface area (Å²) in [5, 5.41) is 3.69. The number of ether oxygens (including phenoxy) is 1. The predicted octanol–water partition coefficient (Wildman–Crippen LogP) is 3.27. The molecule has 27 heavy (non-hydrogen) atoms. The summed E-state index contributed by atoms with van der Waals surface area (Å²) in [5.74, 6) is -0.406. The lowest BCUT2D eigenvalue weighted by atomic mass is 9.74. The standard InChI is InChI=1S/C22H21NO4/c24-20(18-14-16-6-4-5-9-19(16)27-21(18)25)23-15-22(10-12-26-13-11-22)17-7-2-1-3-8-17/h1-9,14H,10-13,15H2,(H,23,24). The van der Waals surface area contributed by atoms with Gasteiger partial charge in [0.25, 0.3) is 5.91 Å². The second kappa shape index (κ2) is 7.37. The van der Waals surface area contributed by atoms with Crippen LogP contribution in [0.25, 0.3) is 11.0 Å². The van der Waals surface area contributed by atoms with Crippen LogP contribution in [0.3, 0.4) is 0 Å². The molecule has 0 spiro atoms. The molecule has 2 aromatic carbocycles. The molecule has 0 bridgehead atoms. The highest BCUT2D eigenvalue weighted by molar-refractivity contribution is 5.96. The van der Waals surface area contributed by atoms with Gasteiger partial charge < -0.3 is 14.5 Å². The van der Waals surface area contributed by atoms with E-state index < -0.39 is 11.5 Å². The first-order valence-electron chi connectivity index (χ1n) is 9.12. The summed E-state index contributed by atoms with van der Waals surface area (Å²) in [5.41, 5.74) is 0.881. The van der Waals surface area contributed by atoms with Crippen LogP contribution in [0, 0.1) is 0 Å². The predicted molar refractivity (Wildman–Crippen MR) is 103 cm³/mol. The highest BCUT2D eigenvalue weighted by atomic mass is 16.5. The van der Waals surface area contributed by atoms with Gasteiger partial charge >= 0.3 is 5.63 Å². The van der Waals surface area contributed by atoms with Crippen molar-refractivity contribution in [2.45, 2.75) is 18.3 Å². The second-order valence-corrected chi connectivity index (χ2v) is 6.93. The minimum absolute atomic E-state index is 0.0315. The molecule has 4 rings (SSSR count). The number of fused-ring (bicyclic) bond motifs is 1. The van der Waals surface area contributed by atoms with Gasteiger partial charge in [-0.15, -0.1) is 0 Å². The number of para-hydroxylation sites is 1. The van der Waals surface area contributed by atoms with Crippen LogP contribution in [0.5, 0.6) is 0 Å². The number of hydrogen-bond acceptors (Lipinski definition) is 4. The topological polar surface area (TPSA) is 68.5 Å². The van der Waals surface area contributed by atoms with Gasteiger partial charge in [0, 0.05) is 30.6 Å². The third-order valence-electron chi connectivity index (χ3n) is 5.31. The fourth-order valence-corrected chi connectivity index (χ4v) is 3.69. The minimum Gasteiger partial charge on any atom is -0.422 e. The maximum absolute atomic E-state index is 12.7. The molecule has 0 saturated carbocycles. The van der Waals surface area contributed by atoms with Crippen LogP contribution in [0.2, 0.25) is 0 Å². The van der Waals surface area contributed by atoms with Crippen molar-refractivity contribution in [2.24, 2.45) is 0 Å². The van der Waals surface area contributed by atoms with Crippen LogP contribution < -0.4 is 10.9 Å². The second-order valence-electron chi connectivity index (χ2n) is 6.93. The Hall–Kier alpha value is -2.92. The molecule has 1 fully saturated rings. The van der Waals surface area contributed by atoms with Gasteiger partial charge in [-0.3, -0.25) is 4.79 Å². The van der Waals surface area contributed by atoms with E-state index in [1.165, 1.54) is 5.56 Å². The molecule has 0 radical (unpaired) electrons. The van der Waals surface area contributed by atoms with Crippen molar-refractivity contribution in [3.05, 3.63) is 82.2 Å². The van der Waals surface area contributed by atoms with Crippen molar-refractivity contribution in [1.29, 1.82) is 0 Å². The Balaban J connectivity index is 1.59. The summed E-state index contributed by atoms with van der Waals surface area (Å²) in [6, 6.07) is 18.9. The van der Waals surface area contributed by atoms with Crippen molar-refractivity contribution >= 4 is 16.9 Å². The molecule has 2 heterocycles. The molecule has 1 aromatic heterocycles. The monoisotopic (exact) mass is 363 g/mol. The number of carbonyl (C=O) groups is 1. The molecule has 138 valence electrons. The maximum atomic E-state index is 12.7. The lowest BCUT2D eigenvalue weighted by molar-refractivity contribution is 0.0487. The SMILES string of the molecule is O=C(NCC1(c2ccccc2)CCOCC1)c1cc2ccccc2oc1=O. The molecule has 0 aliphatic carbocycles. The zero-order valence-corrected chi connectivity index (χ0v) is 14.9. The minimum atomic E-state index is -0.619. The van der Waals surface area contributed by atoms with Crippen LogP contribution >= 0.6 is 0 Å². The quantitative estimate of drug-likeness (QED) is 0.723. The largest absolute Gasteiger partial charge is 0.422 e. The van der Waals surface area contributed by atoms with Crippen LogP contribution in [-0.2, 0) is 10.2 Å². The number of hydrogen-bond donors (Lipinski definition) is 1. The number of nitrogens with one attached hydrogen (secondary N) is 1. The molecule has 1 amide bonds. The number of amides is 1. The zero-order valence-electron chi connectivity index (χ0n) is 14.9. The van der Waals surface area contributed by atoms with Crippen LogP contribution in [0.4, 0.5) is 0 Å². The van der Waals surface area contributed by atoms with E-state index in [4.69, 9.17) is 9.15 Å². The summed E-state index contributed by atoms with van der Waals surface area (Å²) >= 11 is 0. The Kier molecular flexibility index (Phi) is 4.77. The van der Waals surface area contributed by atoms with Gasteiger partial charge in [0.1, 0.15) is 11.1 Å². The van der Waals surface area contributed by atoms with Gasteiger partial charge in [0.15, 0.2) is 0 Å². The first-order valence-corrected chi connectivity index (χ1v) is 9.12. The van der Waals surface area contributed by atoms with E-state index in [0.29, 0.717) is 25.3 Å². The Morgan fingerprint density at radius 1 is 1.00 bits per heavy atom. The molecular formula is C22H21NO4. The van der Waals surface area contributed by atoms with Crippen LogP contribution in [0.15, 0.2) is 69.9 Å². The molecule has 1 saturated heterocycles. The van der Waals surface area contributed by atoms with Crippen molar-refractivity contribution in [2.75, 3.05) is 19.8 Å². The summed E-state index contributed by atoms with van der Waals surface area (Å²) < 4.78 is 10.8. The fourth-order valence-electron chi connectivity index (χ4n) is 3.69. The molecule has 1 N–H and O–H groups in total. The van der Waals surface area contributed by atoms with E-state index in [-0.39, 0.29) is 11.0 Å². The Labute approximate surface area is 157 Å². The van der Waals surface area contributed by atoms with E-state index in [1.54, 1.807) is 18.2 Å². The van der Waals surface area contributed by atoms with Gasteiger partial charge in [-0.1, -0.05) is 48.5 Å². The van der Waals surface area contributed by atoms with Crippen molar-refractivity contribution in [1.82, 2.24) is 5.32 Å². The molecule has 5 heteroatoms. The van der Waals surface area contributed by atoms with Crippen LogP contribution in [0.1, 0.15) is 28.8 Å². The van der Waals surface area contributed by atoms with Crippen molar-refractivity contribution in [3.8, 4) is 0 Å². The van der Waals surface area contributed by atoms with Crippen LogP contribution in [-0.4, -0.2) is 25.7 Å². The first kappa shape index (κ1) is 17.5.